The van der Waals surface area contributed by atoms with Gasteiger partial charge in [-0.2, -0.15) is 0 Å². The van der Waals surface area contributed by atoms with Crippen LogP contribution in [0.1, 0.15) is 12.8 Å². The smallest absolute Gasteiger partial charge is 0.311 e. The maximum Gasteiger partial charge on any atom is 0.311 e. The molecule has 0 aromatic heterocycles. The highest BCUT2D eigenvalue weighted by atomic mass is 16.5. The summed E-state index contributed by atoms with van der Waals surface area (Å²) in [7, 11) is 1.30. The second-order valence-corrected chi connectivity index (χ2v) is 5.97. The van der Waals surface area contributed by atoms with Crippen molar-refractivity contribution in [2.24, 2.45) is 0 Å². The number of benzene rings is 4. The zero-order valence-electron chi connectivity index (χ0n) is 13.7. The quantitative estimate of drug-likeness (QED) is 0.315. The lowest BCUT2D eigenvalue weighted by Crippen LogP contribution is -2.11. The fourth-order valence-electron chi connectivity index (χ4n) is 3.28. The second-order valence-electron chi connectivity index (χ2n) is 5.97. The summed E-state index contributed by atoms with van der Waals surface area (Å²) in [5.41, 5.74) is 0. The van der Waals surface area contributed by atoms with Crippen molar-refractivity contribution in [3.8, 4) is 5.75 Å². The molecule has 4 nitrogen and oxygen atoms in total. The number of hydrogen-bond donors (Lipinski definition) is 0. The Morgan fingerprint density at radius 1 is 0.760 bits per heavy atom. The monoisotopic (exact) mass is 332 g/mol. The first-order valence-corrected chi connectivity index (χ1v) is 8.11. The highest BCUT2D eigenvalue weighted by molar-refractivity contribution is 6.24. The van der Waals surface area contributed by atoms with Gasteiger partial charge in [-0.15, -0.1) is 0 Å². The number of ether oxygens (including phenoxy) is 2. The Kier molecular flexibility index (Phi) is 3.73. The molecule has 0 heterocycles. The summed E-state index contributed by atoms with van der Waals surface area (Å²) >= 11 is 0. The second kappa shape index (κ2) is 6.06. The molecule has 4 aromatic carbocycles. The molecule has 0 atom stereocenters. The van der Waals surface area contributed by atoms with E-state index in [1.54, 1.807) is 6.07 Å². The molecule has 0 unspecified atom stereocenters. The Bertz CT molecular complexity index is 1080. The van der Waals surface area contributed by atoms with Gasteiger partial charge >= 0.3 is 11.9 Å². The molecule has 0 aliphatic carbocycles. The molecule has 25 heavy (non-hydrogen) atoms. The number of carbonyl (C=O) groups is 2. The van der Waals surface area contributed by atoms with Crippen LogP contribution in [0.2, 0.25) is 0 Å². The summed E-state index contributed by atoms with van der Waals surface area (Å²) in [6.07, 6.45) is 0.00974. The van der Waals surface area contributed by atoms with E-state index in [0.717, 1.165) is 26.9 Å². The van der Waals surface area contributed by atoms with Gasteiger partial charge in [0.25, 0.3) is 0 Å². The number of carbonyl (C=O) groups excluding carboxylic acids is 2. The van der Waals surface area contributed by atoms with Gasteiger partial charge in [0.05, 0.1) is 20.0 Å². The fourth-order valence-corrected chi connectivity index (χ4v) is 3.28. The fraction of sp³-hybridized carbons (Fsp3) is 0.143. The third-order valence-corrected chi connectivity index (χ3v) is 4.47. The third-order valence-electron chi connectivity index (χ3n) is 4.47. The molecule has 0 saturated carbocycles. The first-order chi connectivity index (χ1) is 12.2. The molecule has 124 valence electrons. The van der Waals surface area contributed by atoms with Gasteiger partial charge in [0.2, 0.25) is 0 Å². The summed E-state index contributed by atoms with van der Waals surface area (Å²) in [5.74, 6) is -0.353. The molecule has 0 spiro atoms. The molecule has 0 aliphatic rings. The van der Waals surface area contributed by atoms with Crippen LogP contribution in [0.15, 0.2) is 54.6 Å². The van der Waals surface area contributed by atoms with Crippen molar-refractivity contribution in [1.82, 2.24) is 0 Å². The van der Waals surface area contributed by atoms with E-state index in [4.69, 9.17) is 4.74 Å². The van der Waals surface area contributed by atoms with Crippen molar-refractivity contribution in [3.63, 3.8) is 0 Å². The van der Waals surface area contributed by atoms with Crippen LogP contribution in [0.25, 0.3) is 32.3 Å². The predicted molar refractivity (Wildman–Crippen MR) is 97.0 cm³/mol. The summed E-state index contributed by atoms with van der Waals surface area (Å²) in [4.78, 5) is 23.2. The van der Waals surface area contributed by atoms with Crippen LogP contribution in [-0.4, -0.2) is 19.0 Å². The summed E-state index contributed by atoms with van der Waals surface area (Å²) < 4.78 is 10.1. The van der Waals surface area contributed by atoms with Crippen LogP contribution in [0.4, 0.5) is 0 Å². The topological polar surface area (TPSA) is 52.6 Å². The van der Waals surface area contributed by atoms with Gasteiger partial charge in [-0.3, -0.25) is 9.59 Å². The Balaban J connectivity index is 1.77. The zero-order chi connectivity index (χ0) is 17.4. The van der Waals surface area contributed by atoms with Crippen molar-refractivity contribution < 1.29 is 19.1 Å². The first-order valence-electron chi connectivity index (χ1n) is 8.11. The molecule has 4 heteroatoms. The molecule has 0 aliphatic heterocycles. The van der Waals surface area contributed by atoms with Crippen LogP contribution in [0, 0.1) is 0 Å². The largest absolute Gasteiger partial charge is 0.469 e. The third kappa shape index (κ3) is 2.66. The highest BCUT2D eigenvalue weighted by Crippen LogP contribution is 2.38. The van der Waals surface area contributed by atoms with Crippen molar-refractivity contribution in [3.05, 3.63) is 54.6 Å². The van der Waals surface area contributed by atoms with Gasteiger partial charge in [0, 0.05) is 10.8 Å². The van der Waals surface area contributed by atoms with Crippen LogP contribution in [0.5, 0.6) is 5.75 Å². The SMILES string of the molecule is COC(=O)CCC(=O)Oc1ccc2ccc3cccc4ccc1c2c34. The lowest BCUT2D eigenvalue weighted by atomic mass is 9.94. The molecule has 0 N–H and O–H groups in total. The number of rotatable bonds is 4. The molecule has 4 rings (SSSR count). The maximum atomic E-state index is 12.1. The van der Waals surface area contributed by atoms with Crippen molar-refractivity contribution in [1.29, 1.82) is 0 Å². The van der Waals surface area contributed by atoms with E-state index in [9.17, 15) is 9.59 Å². The molecule has 0 saturated heterocycles. The minimum atomic E-state index is -0.444. The van der Waals surface area contributed by atoms with Gasteiger partial charge in [0.15, 0.2) is 0 Å². The normalized spacial score (nSPS) is 11.2. The zero-order valence-corrected chi connectivity index (χ0v) is 13.7. The summed E-state index contributed by atoms with van der Waals surface area (Å²) in [5, 5.41) is 6.58. The van der Waals surface area contributed by atoms with E-state index >= 15 is 0 Å². The van der Waals surface area contributed by atoms with Gasteiger partial charge < -0.3 is 9.47 Å². The molecule has 4 aromatic rings. The number of esters is 2. The average molecular weight is 332 g/mol. The number of hydrogen-bond acceptors (Lipinski definition) is 4. The molecular weight excluding hydrogens is 316 g/mol. The van der Waals surface area contributed by atoms with E-state index in [1.165, 1.54) is 12.5 Å². The van der Waals surface area contributed by atoms with E-state index in [0.29, 0.717) is 5.75 Å². The molecule has 0 amide bonds. The standard InChI is InChI=1S/C21H16O4/c1-24-18(22)11-12-19(23)25-17-10-8-15-6-5-13-3-2-4-14-7-9-16(17)21(15)20(13)14/h2-10H,11-12H2,1H3. The van der Waals surface area contributed by atoms with Crippen molar-refractivity contribution in [2.45, 2.75) is 12.8 Å². The van der Waals surface area contributed by atoms with E-state index in [-0.39, 0.29) is 12.8 Å². The lowest BCUT2D eigenvalue weighted by Gasteiger charge is -2.13. The first kappa shape index (κ1) is 15.4. The minimum Gasteiger partial charge on any atom is -0.469 e. The predicted octanol–water partition coefficient (Wildman–Crippen LogP) is 4.44. The highest BCUT2D eigenvalue weighted by Gasteiger charge is 2.14. The maximum absolute atomic E-state index is 12.1. The summed E-state index contributed by atoms with van der Waals surface area (Å²) in [6.45, 7) is 0. The number of methoxy groups -OCH3 is 1. The molecule has 0 fully saturated rings. The van der Waals surface area contributed by atoms with Crippen LogP contribution in [0.3, 0.4) is 0 Å². The van der Waals surface area contributed by atoms with Crippen molar-refractivity contribution >= 4 is 44.3 Å². The average Bonchev–Trinajstić information content (AvgIpc) is 2.65. The molecule has 0 bridgehead atoms. The van der Waals surface area contributed by atoms with Crippen molar-refractivity contribution in [2.75, 3.05) is 7.11 Å². The summed E-state index contributed by atoms with van der Waals surface area (Å²) in [6, 6.07) is 18.2. The van der Waals surface area contributed by atoms with E-state index in [2.05, 4.69) is 29.0 Å². The van der Waals surface area contributed by atoms with Gasteiger partial charge in [-0.25, -0.2) is 0 Å². The van der Waals surface area contributed by atoms with Gasteiger partial charge in [0.1, 0.15) is 5.75 Å². The van der Waals surface area contributed by atoms with Crippen LogP contribution in [-0.2, 0) is 14.3 Å². The van der Waals surface area contributed by atoms with Gasteiger partial charge in [-0.05, 0) is 33.7 Å². The molecular formula is C21H16O4. The molecule has 0 radical (unpaired) electrons. The Hall–Kier alpha value is -3.14. The van der Waals surface area contributed by atoms with E-state index < -0.39 is 11.9 Å². The Morgan fingerprint density at radius 3 is 2.08 bits per heavy atom. The van der Waals surface area contributed by atoms with E-state index in [1.807, 2.05) is 24.3 Å². The van der Waals surface area contributed by atoms with Crippen LogP contribution >= 0.6 is 0 Å². The van der Waals surface area contributed by atoms with Crippen LogP contribution < -0.4 is 4.74 Å². The van der Waals surface area contributed by atoms with Gasteiger partial charge in [-0.1, -0.05) is 42.5 Å². The Labute approximate surface area is 144 Å². The lowest BCUT2D eigenvalue weighted by molar-refractivity contribution is -0.144. The Morgan fingerprint density at radius 2 is 1.36 bits per heavy atom. The minimum absolute atomic E-state index is 0.00531.